The van der Waals surface area contributed by atoms with E-state index in [0.717, 1.165) is 0 Å². The van der Waals surface area contributed by atoms with Gasteiger partial charge in [0.1, 0.15) is 0 Å². The quantitative estimate of drug-likeness (QED) is 0.576. The van der Waals surface area contributed by atoms with Crippen molar-refractivity contribution in [1.82, 2.24) is 0 Å². The van der Waals surface area contributed by atoms with Gasteiger partial charge in [0.2, 0.25) is 0 Å². The van der Waals surface area contributed by atoms with Crippen LogP contribution < -0.4 is 0 Å². The average molecular weight is 182 g/mol. The van der Waals surface area contributed by atoms with Gasteiger partial charge in [-0.3, -0.25) is 0 Å². The monoisotopic (exact) mass is 182 g/mol. The van der Waals surface area contributed by atoms with Crippen molar-refractivity contribution >= 4 is 5.57 Å². The predicted molar refractivity (Wildman–Crippen MR) is 60.1 cm³/mol. The van der Waals surface area contributed by atoms with Gasteiger partial charge in [0.25, 0.3) is 0 Å². The zero-order valence-corrected chi connectivity index (χ0v) is 8.46. The van der Waals surface area contributed by atoms with Gasteiger partial charge in [-0.1, -0.05) is 36.4 Å². The number of allylic oxidation sites excluding steroid dienone is 4. The van der Waals surface area contributed by atoms with Gasteiger partial charge < -0.3 is 0 Å². The lowest BCUT2D eigenvalue weighted by Crippen LogP contribution is -2.10. The lowest BCUT2D eigenvalue weighted by molar-refractivity contribution is 0.702. The number of aryl methyl sites for hydroxylation is 1. The van der Waals surface area contributed by atoms with Crippen LogP contribution in [-0.2, 0) is 6.42 Å². The fraction of sp³-hybridized carbons (Fsp3) is 0.286. The highest BCUT2D eigenvalue weighted by atomic mass is 14.3. The zero-order valence-electron chi connectivity index (χ0n) is 8.46. The first-order valence-corrected chi connectivity index (χ1v) is 5.33. The molecule has 70 valence electrons. The first-order chi connectivity index (χ1) is 6.86. The molecule has 0 nitrogen and oxygen atoms in total. The third-order valence-electron chi connectivity index (χ3n) is 3.45. The van der Waals surface area contributed by atoms with Gasteiger partial charge in [0, 0.05) is 5.92 Å². The SMILES string of the molecule is Cc1cccc2c1CCC1C=CC=C21. The van der Waals surface area contributed by atoms with Crippen molar-refractivity contribution in [3.63, 3.8) is 0 Å². The third kappa shape index (κ3) is 1.00. The molecule has 1 aromatic rings. The van der Waals surface area contributed by atoms with Crippen LogP contribution in [0.25, 0.3) is 5.57 Å². The van der Waals surface area contributed by atoms with Crippen LogP contribution in [0.15, 0.2) is 36.4 Å². The number of hydrogen-bond acceptors (Lipinski definition) is 0. The highest BCUT2D eigenvalue weighted by molar-refractivity contribution is 5.77. The van der Waals surface area contributed by atoms with E-state index in [0.29, 0.717) is 5.92 Å². The Bertz CT molecular complexity index is 435. The molecule has 0 saturated carbocycles. The molecule has 0 aliphatic heterocycles. The minimum atomic E-state index is 0.698. The second kappa shape index (κ2) is 2.84. The molecule has 0 amide bonds. The Balaban J connectivity index is 2.20. The number of fused-ring (bicyclic) bond motifs is 3. The Morgan fingerprint density at radius 3 is 3.14 bits per heavy atom. The molecule has 0 spiro atoms. The molecule has 1 unspecified atom stereocenters. The molecular weight excluding hydrogens is 168 g/mol. The van der Waals surface area contributed by atoms with Gasteiger partial charge in [-0.05, 0) is 42.0 Å². The topological polar surface area (TPSA) is 0 Å². The average Bonchev–Trinajstić information content (AvgIpc) is 2.66. The molecule has 2 aliphatic carbocycles. The summed E-state index contributed by atoms with van der Waals surface area (Å²) in [7, 11) is 0. The molecular formula is C14H14. The summed E-state index contributed by atoms with van der Waals surface area (Å²) >= 11 is 0. The summed E-state index contributed by atoms with van der Waals surface area (Å²) in [5, 5.41) is 0. The van der Waals surface area contributed by atoms with Gasteiger partial charge in [-0.2, -0.15) is 0 Å². The van der Waals surface area contributed by atoms with Crippen LogP contribution >= 0.6 is 0 Å². The lowest BCUT2D eigenvalue weighted by atomic mass is 9.80. The van der Waals surface area contributed by atoms with E-state index in [4.69, 9.17) is 0 Å². The summed E-state index contributed by atoms with van der Waals surface area (Å²) in [5.74, 6) is 0.698. The third-order valence-corrected chi connectivity index (χ3v) is 3.45. The van der Waals surface area contributed by atoms with Crippen molar-refractivity contribution < 1.29 is 0 Å². The standard InChI is InChI=1S/C14H14/c1-10-4-2-7-14-12(10)9-8-11-5-3-6-13(11)14/h2-7,11H,8-9H2,1H3. The molecule has 1 atom stereocenters. The second-order valence-corrected chi connectivity index (χ2v) is 4.25. The molecule has 0 fully saturated rings. The molecule has 0 heteroatoms. The summed E-state index contributed by atoms with van der Waals surface area (Å²) in [5.41, 5.74) is 6.05. The van der Waals surface area contributed by atoms with Crippen molar-refractivity contribution in [2.24, 2.45) is 5.92 Å². The molecule has 0 heterocycles. The Labute approximate surface area is 85.0 Å². The fourth-order valence-electron chi connectivity index (χ4n) is 2.67. The van der Waals surface area contributed by atoms with Gasteiger partial charge >= 0.3 is 0 Å². The molecule has 0 saturated heterocycles. The Morgan fingerprint density at radius 1 is 1.29 bits per heavy atom. The van der Waals surface area contributed by atoms with Crippen LogP contribution in [0.2, 0.25) is 0 Å². The lowest BCUT2D eigenvalue weighted by Gasteiger charge is -2.24. The molecule has 1 aromatic carbocycles. The summed E-state index contributed by atoms with van der Waals surface area (Å²) in [6.07, 6.45) is 9.36. The van der Waals surface area contributed by atoms with Gasteiger partial charge in [-0.15, -0.1) is 0 Å². The van der Waals surface area contributed by atoms with Crippen LogP contribution in [0.3, 0.4) is 0 Å². The van der Waals surface area contributed by atoms with Crippen LogP contribution in [0.4, 0.5) is 0 Å². The normalized spacial score (nSPS) is 22.9. The highest BCUT2D eigenvalue weighted by Gasteiger charge is 2.24. The Hall–Kier alpha value is -1.30. The van der Waals surface area contributed by atoms with Gasteiger partial charge in [0.05, 0.1) is 0 Å². The van der Waals surface area contributed by atoms with E-state index < -0.39 is 0 Å². The first-order valence-electron chi connectivity index (χ1n) is 5.33. The molecule has 0 N–H and O–H groups in total. The molecule has 0 bridgehead atoms. The summed E-state index contributed by atoms with van der Waals surface area (Å²) in [6, 6.07) is 6.67. The summed E-state index contributed by atoms with van der Waals surface area (Å²) in [4.78, 5) is 0. The maximum Gasteiger partial charge on any atom is 0.00302 e. The van der Waals surface area contributed by atoms with Crippen LogP contribution in [-0.4, -0.2) is 0 Å². The van der Waals surface area contributed by atoms with E-state index in [2.05, 4.69) is 43.4 Å². The molecule has 14 heavy (non-hydrogen) atoms. The number of benzene rings is 1. The second-order valence-electron chi connectivity index (χ2n) is 4.25. The van der Waals surface area contributed by atoms with Gasteiger partial charge in [-0.25, -0.2) is 0 Å². The first kappa shape index (κ1) is 8.05. The van der Waals surface area contributed by atoms with Crippen molar-refractivity contribution in [3.05, 3.63) is 53.1 Å². The van der Waals surface area contributed by atoms with Crippen LogP contribution in [0, 0.1) is 12.8 Å². The minimum Gasteiger partial charge on any atom is -0.0770 e. The number of rotatable bonds is 0. The van der Waals surface area contributed by atoms with E-state index >= 15 is 0 Å². The molecule has 2 aliphatic rings. The van der Waals surface area contributed by atoms with E-state index in [1.807, 2.05) is 0 Å². The fourth-order valence-corrected chi connectivity index (χ4v) is 2.67. The molecule has 3 rings (SSSR count). The summed E-state index contributed by atoms with van der Waals surface area (Å²) in [6.45, 7) is 2.22. The Morgan fingerprint density at radius 2 is 2.21 bits per heavy atom. The predicted octanol–water partition coefficient (Wildman–Crippen LogP) is 3.51. The van der Waals surface area contributed by atoms with Crippen molar-refractivity contribution in [2.45, 2.75) is 19.8 Å². The molecule has 0 radical (unpaired) electrons. The summed E-state index contributed by atoms with van der Waals surface area (Å²) < 4.78 is 0. The zero-order chi connectivity index (χ0) is 9.54. The van der Waals surface area contributed by atoms with E-state index in [-0.39, 0.29) is 0 Å². The van der Waals surface area contributed by atoms with Crippen LogP contribution in [0.5, 0.6) is 0 Å². The Kier molecular flexibility index (Phi) is 1.63. The smallest absolute Gasteiger partial charge is 0.00302 e. The number of hydrogen-bond donors (Lipinski definition) is 0. The van der Waals surface area contributed by atoms with Gasteiger partial charge in [0.15, 0.2) is 0 Å². The van der Waals surface area contributed by atoms with Crippen molar-refractivity contribution in [1.29, 1.82) is 0 Å². The van der Waals surface area contributed by atoms with Crippen molar-refractivity contribution in [3.8, 4) is 0 Å². The maximum atomic E-state index is 2.33. The maximum absolute atomic E-state index is 2.33. The molecule has 0 aromatic heterocycles. The minimum absolute atomic E-state index is 0.698. The largest absolute Gasteiger partial charge is 0.0770 e. The van der Waals surface area contributed by atoms with Crippen molar-refractivity contribution in [2.75, 3.05) is 0 Å². The van der Waals surface area contributed by atoms with E-state index in [1.165, 1.54) is 29.5 Å². The van der Waals surface area contributed by atoms with E-state index in [1.54, 1.807) is 5.56 Å². The van der Waals surface area contributed by atoms with E-state index in [9.17, 15) is 0 Å². The van der Waals surface area contributed by atoms with Crippen LogP contribution in [0.1, 0.15) is 23.1 Å². The highest BCUT2D eigenvalue weighted by Crippen LogP contribution is 2.39.